The number of hydrogen-bond donors (Lipinski definition) is 1. The van der Waals surface area contributed by atoms with Gasteiger partial charge in [-0.15, -0.1) is 11.8 Å². The molecule has 0 aromatic carbocycles. The molecule has 0 aliphatic heterocycles. The lowest BCUT2D eigenvalue weighted by molar-refractivity contribution is 0.641. The minimum atomic E-state index is 0.589. The lowest BCUT2D eigenvalue weighted by atomic mass is 10.2. The molecule has 1 heterocycles. The fourth-order valence-corrected chi connectivity index (χ4v) is 1.96. The van der Waals surface area contributed by atoms with Crippen molar-refractivity contribution in [2.45, 2.75) is 37.6 Å². The van der Waals surface area contributed by atoms with E-state index < -0.39 is 0 Å². The highest BCUT2D eigenvalue weighted by molar-refractivity contribution is 7.99. The summed E-state index contributed by atoms with van der Waals surface area (Å²) in [6.07, 6.45) is 1.83. The quantitative estimate of drug-likeness (QED) is 0.777. The van der Waals surface area contributed by atoms with Gasteiger partial charge in [0.2, 0.25) is 0 Å². The molecule has 2 nitrogen and oxygen atoms in total. The summed E-state index contributed by atoms with van der Waals surface area (Å²) in [5, 5.41) is 1.67. The van der Waals surface area contributed by atoms with Gasteiger partial charge >= 0.3 is 0 Å². The molecule has 1 aromatic heterocycles. The molecule has 1 unspecified atom stereocenters. The lowest BCUT2D eigenvalue weighted by Crippen LogP contribution is -2.06. The maximum atomic E-state index is 5.57. The molecule has 0 bridgehead atoms. The van der Waals surface area contributed by atoms with Crippen molar-refractivity contribution in [1.82, 2.24) is 4.98 Å². The summed E-state index contributed by atoms with van der Waals surface area (Å²) in [4.78, 5) is 4.32. The first-order valence-electron chi connectivity index (χ1n) is 4.95. The predicted molar refractivity (Wildman–Crippen MR) is 62.3 cm³/mol. The summed E-state index contributed by atoms with van der Waals surface area (Å²) in [6, 6.07) is 4.04. The maximum absolute atomic E-state index is 5.57. The molecule has 0 fully saturated rings. The van der Waals surface area contributed by atoms with Gasteiger partial charge in [0.05, 0.1) is 5.03 Å². The van der Waals surface area contributed by atoms with E-state index in [4.69, 9.17) is 5.73 Å². The van der Waals surface area contributed by atoms with Crippen LogP contribution in [0.15, 0.2) is 23.4 Å². The zero-order chi connectivity index (χ0) is 10.6. The molecule has 0 radical (unpaired) electrons. The van der Waals surface area contributed by atoms with E-state index in [0.717, 1.165) is 10.6 Å². The Labute approximate surface area is 90.3 Å². The molecule has 0 spiro atoms. The zero-order valence-electron chi connectivity index (χ0n) is 9.03. The van der Waals surface area contributed by atoms with Crippen molar-refractivity contribution in [2.75, 3.05) is 0 Å². The van der Waals surface area contributed by atoms with Crippen LogP contribution in [0.1, 0.15) is 26.3 Å². The second-order valence-corrected chi connectivity index (χ2v) is 5.17. The van der Waals surface area contributed by atoms with E-state index >= 15 is 0 Å². The van der Waals surface area contributed by atoms with Crippen molar-refractivity contribution >= 4 is 11.8 Å². The Morgan fingerprint density at radius 1 is 1.43 bits per heavy atom. The highest BCUT2D eigenvalue weighted by atomic mass is 32.2. The minimum absolute atomic E-state index is 0.589. The monoisotopic (exact) mass is 210 g/mol. The molecule has 14 heavy (non-hydrogen) atoms. The van der Waals surface area contributed by atoms with Crippen LogP contribution in [0.25, 0.3) is 0 Å². The SMILES string of the molecule is CC(C)C(C)Sc1cc(CN)ccn1. The van der Waals surface area contributed by atoms with Crippen LogP contribution in [0.2, 0.25) is 0 Å². The average Bonchev–Trinajstić information content (AvgIpc) is 2.18. The van der Waals surface area contributed by atoms with Gasteiger partial charge in [0.25, 0.3) is 0 Å². The Bertz CT molecular complexity index is 286. The standard InChI is InChI=1S/C11H18N2S/c1-8(2)9(3)14-11-6-10(7-12)4-5-13-11/h4-6,8-9H,7,12H2,1-3H3. The first kappa shape index (κ1) is 11.5. The molecule has 3 heteroatoms. The minimum Gasteiger partial charge on any atom is -0.326 e. The van der Waals surface area contributed by atoms with Crippen LogP contribution in [-0.2, 0) is 6.54 Å². The fourth-order valence-electron chi connectivity index (χ4n) is 0.968. The maximum Gasteiger partial charge on any atom is 0.0965 e. The summed E-state index contributed by atoms with van der Waals surface area (Å²) in [5.74, 6) is 0.670. The average molecular weight is 210 g/mol. The molecular formula is C11H18N2S. The lowest BCUT2D eigenvalue weighted by Gasteiger charge is -2.14. The van der Waals surface area contributed by atoms with Crippen molar-refractivity contribution in [2.24, 2.45) is 11.7 Å². The van der Waals surface area contributed by atoms with Crippen LogP contribution in [0.4, 0.5) is 0 Å². The van der Waals surface area contributed by atoms with E-state index in [2.05, 4.69) is 31.8 Å². The number of rotatable bonds is 4. The highest BCUT2D eigenvalue weighted by Crippen LogP contribution is 2.26. The van der Waals surface area contributed by atoms with Crippen molar-refractivity contribution < 1.29 is 0 Å². The summed E-state index contributed by atoms with van der Waals surface area (Å²) >= 11 is 1.81. The first-order chi connectivity index (χ1) is 6.63. The van der Waals surface area contributed by atoms with Gasteiger partial charge in [0, 0.05) is 18.0 Å². The Morgan fingerprint density at radius 3 is 2.71 bits per heavy atom. The molecule has 0 saturated carbocycles. The molecule has 1 aromatic rings. The third-order valence-corrected chi connectivity index (χ3v) is 3.66. The van der Waals surface area contributed by atoms with E-state index in [9.17, 15) is 0 Å². The molecule has 1 atom stereocenters. The van der Waals surface area contributed by atoms with Gasteiger partial charge in [-0.25, -0.2) is 4.98 Å². The van der Waals surface area contributed by atoms with Gasteiger partial charge in [0.15, 0.2) is 0 Å². The van der Waals surface area contributed by atoms with Crippen LogP contribution in [0.5, 0.6) is 0 Å². The van der Waals surface area contributed by atoms with Crippen molar-refractivity contribution in [3.63, 3.8) is 0 Å². The van der Waals surface area contributed by atoms with Crippen molar-refractivity contribution in [3.8, 4) is 0 Å². The van der Waals surface area contributed by atoms with Gasteiger partial charge in [0.1, 0.15) is 0 Å². The van der Waals surface area contributed by atoms with Crippen LogP contribution >= 0.6 is 11.8 Å². The summed E-state index contributed by atoms with van der Waals surface area (Å²) < 4.78 is 0. The zero-order valence-corrected chi connectivity index (χ0v) is 9.84. The highest BCUT2D eigenvalue weighted by Gasteiger charge is 2.09. The van der Waals surface area contributed by atoms with E-state index in [1.54, 1.807) is 0 Å². The molecule has 2 N–H and O–H groups in total. The van der Waals surface area contributed by atoms with Gasteiger partial charge in [-0.2, -0.15) is 0 Å². The Kier molecular flexibility index (Phi) is 4.42. The Morgan fingerprint density at radius 2 is 2.14 bits per heavy atom. The topological polar surface area (TPSA) is 38.9 Å². The van der Waals surface area contributed by atoms with Gasteiger partial charge < -0.3 is 5.73 Å². The third kappa shape index (κ3) is 3.31. The molecule has 1 rings (SSSR count). The first-order valence-corrected chi connectivity index (χ1v) is 5.83. The van der Waals surface area contributed by atoms with E-state index in [1.165, 1.54) is 0 Å². The van der Waals surface area contributed by atoms with E-state index in [0.29, 0.717) is 17.7 Å². The van der Waals surface area contributed by atoms with Crippen molar-refractivity contribution in [3.05, 3.63) is 23.9 Å². The van der Waals surface area contributed by atoms with E-state index in [-0.39, 0.29) is 0 Å². The number of thioether (sulfide) groups is 1. The second kappa shape index (κ2) is 5.37. The van der Waals surface area contributed by atoms with Crippen LogP contribution < -0.4 is 5.73 Å². The second-order valence-electron chi connectivity index (χ2n) is 3.77. The molecule has 0 amide bonds. The van der Waals surface area contributed by atoms with E-state index in [1.807, 2.05) is 24.0 Å². The van der Waals surface area contributed by atoms with Crippen LogP contribution in [-0.4, -0.2) is 10.2 Å². The normalized spacial score (nSPS) is 13.2. The fraction of sp³-hybridized carbons (Fsp3) is 0.545. The summed E-state index contributed by atoms with van der Waals surface area (Å²) in [7, 11) is 0. The molecule has 78 valence electrons. The molecule has 0 aliphatic rings. The number of aromatic nitrogens is 1. The Balaban J connectivity index is 2.66. The van der Waals surface area contributed by atoms with Gasteiger partial charge in [-0.3, -0.25) is 0 Å². The van der Waals surface area contributed by atoms with Crippen LogP contribution in [0, 0.1) is 5.92 Å². The number of pyridine rings is 1. The third-order valence-electron chi connectivity index (χ3n) is 2.28. The summed E-state index contributed by atoms with van der Waals surface area (Å²) in [5.41, 5.74) is 6.72. The molecule has 0 saturated heterocycles. The van der Waals surface area contributed by atoms with Gasteiger partial charge in [-0.05, 0) is 23.6 Å². The predicted octanol–water partition coefficient (Wildman–Crippen LogP) is 2.68. The Hall–Kier alpha value is -0.540. The molecule has 0 aliphatic carbocycles. The number of nitrogens with zero attached hydrogens (tertiary/aromatic N) is 1. The largest absolute Gasteiger partial charge is 0.326 e. The smallest absolute Gasteiger partial charge is 0.0965 e. The van der Waals surface area contributed by atoms with Crippen molar-refractivity contribution in [1.29, 1.82) is 0 Å². The number of hydrogen-bond acceptors (Lipinski definition) is 3. The van der Waals surface area contributed by atoms with Gasteiger partial charge in [-0.1, -0.05) is 20.8 Å². The van der Waals surface area contributed by atoms with Crippen LogP contribution in [0.3, 0.4) is 0 Å². The molecular weight excluding hydrogens is 192 g/mol. The summed E-state index contributed by atoms with van der Waals surface area (Å²) in [6.45, 7) is 7.27. The number of nitrogens with two attached hydrogens (primary N) is 1.